The Kier molecular flexibility index (Phi) is 19.5. The Morgan fingerprint density at radius 1 is 1.11 bits per heavy atom. The maximum atomic E-state index is 3.60. The number of hydrogen-bond donors (Lipinski definition) is 0. The molecule has 0 saturated heterocycles. The van der Waals surface area contributed by atoms with E-state index in [1.165, 1.54) is 0 Å². The van der Waals surface area contributed by atoms with Crippen molar-refractivity contribution in [2.75, 3.05) is 13.1 Å². The van der Waals surface area contributed by atoms with Gasteiger partial charge in [-0.05, 0) is 26.8 Å². The summed E-state index contributed by atoms with van der Waals surface area (Å²) in [5.41, 5.74) is 0. The van der Waals surface area contributed by atoms with Gasteiger partial charge in [-0.1, -0.05) is 6.92 Å². The van der Waals surface area contributed by atoms with Crippen LogP contribution in [0, 0.1) is 0 Å². The molecule has 0 bridgehead atoms. The maximum Gasteiger partial charge on any atom is 0.0379 e. The molecule has 0 radical (unpaired) electrons. The van der Waals surface area contributed by atoms with Gasteiger partial charge in [0.05, 0.1) is 0 Å². The molecule has 0 aliphatic rings. The van der Waals surface area contributed by atoms with Crippen molar-refractivity contribution in [3.05, 3.63) is 0 Å². The van der Waals surface area contributed by atoms with Crippen LogP contribution in [0.4, 0.5) is 0 Å². The lowest BCUT2D eigenvalue weighted by atomic mass is 10.5. The molecule has 0 fully saturated rings. The summed E-state index contributed by atoms with van der Waals surface area (Å²) in [6, 6.07) is 0. The summed E-state index contributed by atoms with van der Waals surface area (Å²) in [4.78, 5) is 7.09. The topological polar surface area (TPSA) is 24.7 Å². The molecule has 0 amide bonds. The lowest BCUT2D eigenvalue weighted by Gasteiger charge is -1.74. The first-order valence-corrected chi connectivity index (χ1v) is 3.18. The van der Waals surface area contributed by atoms with E-state index in [4.69, 9.17) is 0 Å². The molecule has 0 aliphatic carbocycles. The van der Waals surface area contributed by atoms with Crippen molar-refractivity contribution < 1.29 is 0 Å². The first-order chi connectivity index (χ1) is 4.33. The van der Waals surface area contributed by atoms with E-state index in [9.17, 15) is 0 Å². The Hall–Kier alpha value is -0.660. The van der Waals surface area contributed by atoms with Gasteiger partial charge in [-0.25, -0.2) is 0 Å². The van der Waals surface area contributed by atoms with Crippen LogP contribution < -0.4 is 0 Å². The van der Waals surface area contributed by atoms with Crippen molar-refractivity contribution >= 4 is 13.4 Å². The van der Waals surface area contributed by atoms with Crippen molar-refractivity contribution in [3.8, 4) is 0 Å². The molecular formula is C7H16N2. The highest BCUT2D eigenvalue weighted by molar-refractivity contribution is 5.23. The summed E-state index contributed by atoms with van der Waals surface area (Å²) >= 11 is 0. The second-order valence-electron chi connectivity index (χ2n) is 1.49. The Bertz CT molecular complexity index is 59.9. The number of aliphatic imine (C=N–C) groups is 2. The molecule has 0 unspecified atom stereocenters. The summed E-state index contributed by atoms with van der Waals surface area (Å²) in [6.07, 6.45) is 1.11. The van der Waals surface area contributed by atoms with Crippen molar-refractivity contribution in [2.24, 2.45) is 9.98 Å². The molecule has 2 heteroatoms. The number of nitrogens with zero attached hydrogens (tertiary/aromatic N) is 2. The summed E-state index contributed by atoms with van der Waals surface area (Å²) in [7, 11) is 0. The SMILES string of the molecule is C=NCC.C=NCCC. The van der Waals surface area contributed by atoms with Crippen LogP contribution >= 0.6 is 0 Å². The van der Waals surface area contributed by atoms with E-state index in [0.29, 0.717) is 0 Å². The van der Waals surface area contributed by atoms with Crippen LogP contribution in [-0.2, 0) is 0 Å². The average molecular weight is 128 g/mol. The van der Waals surface area contributed by atoms with Crippen LogP contribution in [0.15, 0.2) is 9.98 Å². The van der Waals surface area contributed by atoms with Gasteiger partial charge in [-0.3, -0.25) is 0 Å². The van der Waals surface area contributed by atoms with Crippen molar-refractivity contribution in [1.29, 1.82) is 0 Å². The molecule has 0 aromatic carbocycles. The fourth-order valence-corrected chi connectivity index (χ4v) is 0.158. The average Bonchev–Trinajstić information content (AvgIpc) is 1.91. The second-order valence-corrected chi connectivity index (χ2v) is 1.49. The van der Waals surface area contributed by atoms with Crippen LogP contribution in [0.3, 0.4) is 0 Å². The van der Waals surface area contributed by atoms with Gasteiger partial charge >= 0.3 is 0 Å². The summed E-state index contributed by atoms with van der Waals surface area (Å²) in [6.45, 7) is 12.3. The molecule has 0 rings (SSSR count). The Labute approximate surface area is 57.7 Å². The minimum atomic E-state index is 0.833. The van der Waals surface area contributed by atoms with Gasteiger partial charge in [-0.2, -0.15) is 0 Å². The molecular weight excluding hydrogens is 112 g/mol. The molecule has 0 aromatic heterocycles. The van der Waals surface area contributed by atoms with Crippen molar-refractivity contribution in [2.45, 2.75) is 20.3 Å². The first-order valence-electron chi connectivity index (χ1n) is 3.18. The highest BCUT2D eigenvalue weighted by Crippen LogP contribution is 1.70. The van der Waals surface area contributed by atoms with Crippen LogP contribution in [0.1, 0.15) is 20.3 Å². The largest absolute Gasteiger partial charge is 0.301 e. The quantitative estimate of drug-likeness (QED) is 0.518. The fourth-order valence-electron chi connectivity index (χ4n) is 0.158. The van der Waals surface area contributed by atoms with E-state index in [0.717, 1.165) is 19.5 Å². The molecule has 0 aliphatic heterocycles. The molecule has 54 valence electrons. The molecule has 9 heavy (non-hydrogen) atoms. The summed E-state index contributed by atoms with van der Waals surface area (Å²) < 4.78 is 0. The van der Waals surface area contributed by atoms with Gasteiger partial charge in [0.1, 0.15) is 0 Å². The van der Waals surface area contributed by atoms with Gasteiger partial charge in [-0.15, -0.1) is 0 Å². The van der Waals surface area contributed by atoms with Gasteiger partial charge in [0.25, 0.3) is 0 Å². The molecule has 2 nitrogen and oxygen atoms in total. The zero-order valence-corrected chi connectivity index (χ0v) is 6.43. The zero-order valence-electron chi connectivity index (χ0n) is 6.43. The van der Waals surface area contributed by atoms with Crippen LogP contribution in [-0.4, -0.2) is 26.5 Å². The Morgan fingerprint density at radius 3 is 1.56 bits per heavy atom. The van der Waals surface area contributed by atoms with E-state index < -0.39 is 0 Å². The third-order valence-corrected chi connectivity index (χ3v) is 0.605. The van der Waals surface area contributed by atoms with Gasteiger partial charge in [0.15, 0.2) is 0 Å². The van der Waals surface area contributed by atoms with Crippen LogP contribution in [0.2, 0.25) is 0 Å². The Morgan fingerprint density at radius 2 is 1.56 bits per heavy atom. The summed E-state index contributed by atoms with van der Waals surface area (Å²) in [5, 5.41) is 0. The minimum absolute atomic E-state index is 0.833. The van der Waals surface area contributed by atoms with E-state index in [1.807, 2.05) is 6.92 Å². The lowest BCUT2D eigenvalue weighted by Crippen LogP contribution is -1.67. The molecule has 0 spiro atoms. The lowest BCUT2D eigenvalue weighted by molar-refractivity contribution is 0.940. The minimum Gasteiger partial charge on any atom is -0.301 e. The van der Waals surface area contributed by atoms with E-state index in [2.05, 4.69) is 30.3 Å². The molecule has 0 atom stereocenters. The smallest absolute Gasteiger partial charge is 0.0379 e. The van der Waals surface area contributed by atoms with Gasteiger partial charge in [0.2, 0.25) is 0 Å². The first kappa shape index (κ1) is 11.2. The summed E-state index contributed by atoms with van der Waals surface area (Å²) in [5.74, 6) is 0. The standard InChI is InChI=1S/C4H9N.C3H7N/c1-3-4-5-2;1-3-4-2/h2-4H2,1H3;2-3H2,1H3. The predicted octanol–water partition coefficient (Wildman–Crippen LogP) is 1.80. The predicted molar refractivity (Wildman–Crippen MR) is 44.8 cm³/mol. The molecule has 0 aromatic rings. The molecule has 0 saturated carbocycles. The highest BCUT2D eigenvalue weighted by Gasteiger charge is 1.61. The number of hydrogen-bond acceptors (Lipinski definition) is 2. The van der Waals surface area contributed by atoms with E-state index in [-0.39, 0.29) is 0 Å². The third-order valence-electron chi connectivity index (χ3n) is 0.605. The zero-order chi connectivity index (χ0) is 7.54. The normalized spacial score (nSPS) is 6.89. The Balaban J connectivity index is 0. The monoisotopic (exact) mass is 128 g/mol. The second kappa shape index (κ2) is 15.7. The highest BCUT2D eigenvalue weighted by atomic mass is 14.7. The maximum absolute atomic E-state index is 3.60. The van der Waals surface area contributed by atoms with Crippen molar-refractivity contribution in [1.82, 2.24) is 0 Å². The van der Waals surface area contributed by atoms with Gasteiger partial charge in [0, 0.05) is 13.1 Å². The molecule has 0 heterocycles. The van der Waals surface area contributed by atoms with Crippen LogP contribution in [0.25, 0.3) is 0 Å². The van der Waals surface area contributed by atoms with Crippen LogP contribution in [0.5, 0.6) is 0 Å². The molecule has 0 N–H and O–H groups in total. The van der Waals surface area contributed by atoms with Gasteiger partial charge < -0.3 is 9.98 Å². The fraction of sp³-hybridized carbons (Fsp3) is 0.714. The number of rotatable bonds is 3. The van der Waals surface area contributed by atoms with E-state index >= 15 is 0 Å². The van der Waals surface area contributed by atoms with Crippen molar-refractivity contribution in [3.63, 3.8) is 0 Å². The third kappa shape index (κ3) is 38.2. The van der Waals surface area contributed by atoms with E-state index in [1.54, 1.807) is 0 Å².